The van der Waals surface area contributed by atoms with Crippen molar-refractivity contribution in [3.8, 4) is 0 Å². The van der Waals surface area contributed by atoms with Gasteiger partial charge in [-0.25, -0.2) is 15.0 Å². The van der Waals surface area contributed by atoms with E-state index in [9.17, 15) is 0 Å². The van der Waals surface area contributed by atoms with Crippen LogP contribution < -0.4 is 4.90 Å². The number of nitrogens with one attached hydrogen (secondary N) is 2. The molecular formula is C17H18N6. The number of hydrogen-bond donors (Lipinski definition) is 2. The third kappa shape index (κ3) is 2.32. The highest BCUT2D eigenvalue weighted by Gasteiger charge is 2.14. The molecule has 4 rings (SSSR count). The van der Waals surface area contributed by atoms with Crippen molar-refractivity contribution in [3.63, 3.8) is 0 Å². The van der Waals surface area contributed by atoms with Gasteiger partial charge >= 0.3 is 0 Å². The summed E-state index contributed by atoms with van der Waals surface area (Å²) in [4.78, 5) is 22.1. The third-order valence-electron chi connectivity index (χ3n) is 4.10. The Morgan fingerprint density at radius 1 is 1.17 bits per heavy atom. The molecule has 0 aliphatic rings. The summed E-state index contributed by atoms with van der Waals surface area (Å²) in [5.74, 6) is 1.85. The van der Waals surface area contributed by atoms with Crippen LogP contribution in [0.1, 0.15) is 18.3 Å². The molecule has 6 nitrogen and oxygen atoms in total. The summed E-state index contributed by atoms with van der Waals surface area (Å²) in [6.45, 7) is 2.80. The number of aromatic amines is 2. The van der Waals surface area contributed by atoms with E-state index in [1.165, 1.54) is 5.56 Å². The fourth-order valence-corrected chi connectivity index (χ4v) is 2.96. The molecule has 0 saturated carbocycles. The van der Waals surface area contributed by atoms with E-state index in [0.29, 0.717) is 6.54 Å². The molecule has 0 amide bonds. The van der Waals surface area contributed by atoms with Crippen LogP contribution >= 0.6 is 0 Å². The minimum absolute atomic E-state index is 0.662. The normalized spacial score (nSPS) is 11.4. The Morgan fingerprint density at radius 3 is 2.87 bits per heavy atom. The molecule has 6 heteroatoms. The van der Waals surface area contributed by atoms with Gasteiger partial charge in [0.25, 0.3) is 0 Å². The maximum absolute atomic E-state index is 4.64. The number of aromatic nitrogens is 5. The number of para-hydroxylation sites is 2. The molecule has 0 spiro atoms. The largest absolute Gasteiger partial charge is 0.352 e. The fraction of sp³-hybridized carbons (Fsp3) is 0.235. The van der Waals surface area contributed by atoms with Crippen LogP contribution in [0.5, 0.6) is 0 Å². The SMILES string of the molecule is CCc1c[nH]c2ncnc(N(C)Cc3nc4ccccc4[nH]3)c12. The first kappa shape index (κ1) is 13.8. The van der Waals surface area contributed by atoms with Gasteiger partial charge in [0, 0.05) is 13.2 Å². The Bertz CT molecular complexity index is 934. The Morgan fingerprint density at radius 2 is 2.04 bits per heavy atom. The predicted molar refractivity (Wildman–Crippen MR) is 91.5 cm³/mol. The van der Waals surface area contributed by atoms with Crippen LogP contribution in [0.2, 0.25) is 0 Å². The average Bonchev–Trinajstić information content (AvgIpc) is 3.17. The molecule has 0 radical (unpaired) electrons. The molecular weight excluding hydrogens is 288 g/mol. The molecule has 3 aromatic heterocycles. The smallest absolute Gasteiger partial charge is 0.143 e. The quantitative estimate of drug-likeness (QED) is 0.608. The topological polar surface area (TPSA) is 73.5 Å². The van der Waals surface area contributed by atoms with Crippen LogP contribution in [0, 0.1) is 0 Å². The second-order valence-corrected chi connectivity index (χ2v) is 5.65. The van der Waals surface area contributed by atoms with Crippen LogP contribution in [-0.4, -0.2) is 32.0 Å². The minimum Gasteiger partial charge on any atom is -0.352 e. The van der Waals surface area contributed by atoms with Crippen molar-refractivity contribution >= 4 is 27.9 Å². The third-order valence-corrected chi connectivity index (χ3v) is 4.10. The molecule has 116 valence electrons. The molecule has 3 heterocycles. The summed E-state index contributed by atoms with van der Waals surface area (Å²) in [5, 5.41) is 1.09. The van der Waals surface area contributed by atoms with E-state index < -0.39 is 0 Å². The number of anilines is 1. The lowest BCUT2D eigenvalue weighted by Crippen LogP contribution is -2.19. The fourth-order valence-electron chi connectivity index (χ4n) is 2.96. The Kier molecular flexibility index (Phi) is 3.22. The number of nitrogens with zero attached hydrogens (tertiary/aromatic N) is 4. The number of hydrogen-bond acceptors (Lipinski definition) is 4. The van der Waals surface area contributed by atoms with Gasteiger partial charge in [0.1, 0.15) is 23.6 Å². The average molecular weight is 306 g/mol. The van der Waals surface area contributed by atoms with E-state index in [-0.39, 0.29) is 0 Å². The van der Waals surface area contributed by atoms with Crippen LogP contribution in [0.4, 0.5) is 5.82 Å². The van der Waals surface area contributed by atoms with E-state index in [1.54, 1.807) is 6.33 Å². The van der Waals surface area contributed by atoms with Crippen molar-refractivity contribution in [1.82, 2.24) is 24.9 Å². The highest BCUT2D eigenvalue weighted by molar-refractivity contribution is 5.90. The first-order valence-corrected chi connectivity index (χ1v) is 7.72. The summed E-state index contributed by atoms with van der Waals surface area (Å²) < 4.78 is 0. The summed E-state index contributed by atoms with van der Waals surface area (Å²) in [5.41, 5.74) is 4.15. The van der Waals surface area contributed by atoms with E-state index >= 15 is 0 Å². The number of imidazole rings is 1. The number of fused-ring (bicyclic) bond motifs is 2. The number of aryl methyl sites for hydroxylation is 1. The molecule has 0 aliphatic heterocycles. The van der Waals surface area contributed by atoms with E-state index in [1.807, 2.05) is 37.5 Å². The lowest BCUT2D eigenvalue weighted by Gasteiger charge is -2.17. The highest BCUT2D eigenvalue weighted by Crippen LogP contribution is 2.26. The van der Waals surface area contributed by atoms with Gasteiger partial charge in [-0.3, -0.25) is 0 Å². The molecule has 0 bridgehead atoms. The molecule has 23 heavy (non-hydrogen) atoms. The van der Waals surface area contributed by atoms with Crippen molar-refractivity contribution in [2.24, 2.45) is 0 Å². The lowest BCUT2D eigenvalue weighted by atomic mass is 10.2. The van der Waals surface area contributed by atoms with Crippen molar-refractivity contribution in [2.45, 2.75) is 19.9 Å². The van der Waals surface area contributed by atoms with Gasteiger partial charge in [-0.1, -0.05) is 19.1 Å². The molecule has 0 fully saturated rings. The predicted octanol–water partition coefficient (Wildman–Crippen LogP) is 3.03. The standard InChI is InChI=1S/C17H18N6/c1-3-11-8-18-16-15(11)17(20-10-19-16)23(2)9-14-21-12-6-4-5-7-13(12)22-14/h4-8,10H,3,9H2,1-2H3,(H,21,22)(H,18,19,20). The van der Waals surface area contributed by atoms with E-state index in [0.717, 1.165) is 40.1 Å². The van der Waals surface area contributed by atoms with Gasteiger partial charge in [-0.05, 0) is 24.1 Å². The summed E-state index contributed by atoms with van der Waals surface area (Å²) >= 11 is 0. The maximum atomic E-state index is 4.64. The molecule has 1 aromatic carbocycles. The highest BCUT2D eigenvalue weighted by atomic mass is 15.2. The zero-order chi connectivity index (χ0) is 15.8. The lowest BCUT2D eigenvalue weighted by molar-refractivity contribution is 0.849. The first-order chi connectivity index (χ1) is 11.3. The zero-order valence-electron chi connectivity index (χ0n) is 13.2. The Hall–Kier alpha value is -2.89. The van der Waals surface area contributed by atoms with Crippen molar-refractivity contribution in [1.29, 1.82) is 0 Å². The van der Waals surface area contributed by atoms with Gasteiger partial charge in [0.05, 0.1) is 23.0 Å². The molecule has 4 aromatic rings. The number of benzene rings is 1. The van der Waals surface area contributed by atoms with Crippen LogP contribution in [0.15, 0.2) is 36.8 Å². The molecule has 0 atom stereocenters. The summed E-state index contributed by atoms with van der Waals surface area (Å²) in [7, 11) is 2.03. The van der Waals surface area contributed by atoms with Crippen LogP contribution in [0.25, 0.3) is 22.1 Å². The molecule has 0 aliphatic carbocycles. The van der Waals surface area contributed by atoms with E-state index in [4.69, 9.17) is 0 Å². The van der Waals surface area contributed by atoms with Gasteiger partial charge < -0.3 is 14.9 Å². The molecule has 2 N–H and O–H groups in total. The summed E-state index contributed by atoms with van der Waals surface area (Å²) in [6.07, 6.45) is 4.56. The van der Waals surface area contributed by atoms with Gasteiger partial charge in [0.15, 0.2) is 0 Å². The summed E-state index contributed by atoms with van der Waals surface area (Å²) in [6, 6.07) is 8.06. The second kappa shape index (κ2) is 5.39. The second-order valence-electron chi connectivity index (χ2n) is 5.65. The molecule has 0 unspecified atom stereocenters. The Balaban J connectivity index is 1.71. The zero-order valence-corrected chi connectivity index (χ0v) is 13.2. The van der Waals surface area contributed by atoms with Gasteiger partial charge in [-0.2, -0.15) is 0 Å². The van der Waals surface area contributed by atoms with Crippen molar-refractivity contribution in [3.05, 3.63) is 48.2 Å². The maximum Gasteiger partial charge on any atom is 0.143 e. The minimum atomic E-state index is 0.662. The Labute approximate surface area is 133 Å². The first-order valence-electron chi connectivity index (χ1n) is 7.72. The van der Waals surface area contributed by atoms with Crippen LogP contribution in [-0.2, 0) is 13.0 Å². The van der Waals surface area contributed by atoms with Crippen molar-refractivity contribution in [2.75, 3.05) is 11.9 Å². The number of rotatable bonds is 4. The van der Waals surface area contributed by atoms with Crippen molar-refractivity contribution < 1.29 is 0 Å². The molecule has 0 saturated heterocycles. The van der Waals surface area contributed by atoms with E-state index in [2.05, 4.69) is 36.7 Å². The monoisotopic (exact) mass is 306 g/mol. The van der Waals surface area contributed by atoms with Gasteiger partial charge in [0.2, 0.25) is 0 Å². The van der Waals surface area contributed by atoms with Gasteiger partial charge in [-0.15, -0.1) is 0 Å². The number of H-pyrrole nitrogens is 2. The van der Waals surface area contributed by atoms with Crippen LogP contribution in [0.3, 0.4) is 0 Å².